The summed E-state index contributed by atoms with van der Waals surface area (Å²) in [5, 5.41) is 4.89. The average molecular weight is 227 g/mol. The van der Waals surface area contributed by atoms with E-state index in [9.17, 15) is 4.79 Å². The van der Waals surface area contributed by atoms with Crippen LogP contribution in [0.4, 0.5) is 0 Å². The molecule has 0 spiro atoms. The lowest BCUT2D eigenvalue weighted by Crippen LogP contribution is -2.30. The summed E-state index contributed by atoms with van der Waals surface area (Å²) in [6.45, 7) is 5.93. The lowest BCUT2D eigenvalue weighted by molar-refractivity contribution is -0.127. The molecule has 0 aliphatic heterocycles. The second-order valence-corrected chi connectivity index (χ2v) is 4.64. The number of nitrogens with one attached hydrogen (secondary N) is 1. The van der Waals surface area contributed by atoms with Crippen LogP contribution >= 0.6 is 11.3 Å². The Morgan fingerprint density at radius 2 is 2.27 bits per heavy atom. The van der Waals surface area contributed by atoms with Crippen LogP contribution in [-0.4, -0.2) is 18.6 Å². The molecule has 1 atom stereocenters. The van der Waals surface area contributed by atoms with Gasteiger partial charge in [-0.3, -0.25) is 4.79 Å². The van der Waals surface area contributed by atoms with Gasteiger partial charge in [-0.2, -0.15) is 0 Å². The Bertz CT molecular complexity index is 296. The van der Waals surface area contributed by atoms with E-state index in [4.69, 9.17) is 4.74 Å². The molecule has 1 heterocycles. The number of thiophene rings is 1. The summed E-state index contributed by atoms with van der Waals surface area (Å²) in [6.07, 6.45) is 0.0905. The Kier molecular flexibility index (Phi) is 4.78. The summed E-state index contributed by atoms with van der Waals surface area (Å²) in [6, 6.07) is 4.06. The first-order valence-corrected chi connectivity index (χ1v) is 5.92. The van der Waals surface area contributed by atoms with Gasteiger partial charge in [0.05, 0.1) is 12.1 Å². The number of hydrogen-bond acceptors (Lipinski definition) is 3. The van der Waals surface area contributed by atoms with Gasteiger partial charge in [-0.05, 0) is 32.2 Å². The first-order chi connectivity index (χ1) is 7.09. The maximum absolute atomic E-state index is 11.4. The smallest absolute Gasteiger partial charge is 0.246 e. The zero-order valence-corrected chi connectivity index (χ0v) is 10.1. The number of ether oxygens (including phenoxy) is 1. The van der Waals surface area contributed by atoms with Gasteiger partial charge in [0, 0.05) is 4.88 Å². The van der Waals surface area contributed by atoms with Crippen LogP contribution in [0.2, 0.25) is 0 Å². The number of amides is 1. The van der Waals surface area contributed by atoms with Crippen LogP contribution < -0.4 is 5.32 Å². The first-order valence-electron chi connectivity index (χ1n) is 5.04. The SMILES string of the molecule is CC(C)OCC(=O)N[C@@H](C)c1cccs1. The third kappa shape index (κ3) is 4.44. The number of rotatable bonds is 5. The minimum Gasteiger partial charge on any atom is -0.369 e. The van der Waals surface area contributed by atoms with Crippen molar-refractivity contribution < 1.29 is 9.53 Å². The fraction of sp³-hybridized carbons (Fsp3) is 0.545. The number of carbonyl (C=O) groups excluding carboxylic acids is 1. The standard InChI is InChI=1S/C11H17NO2S/c1-8(2)14-7-11(13)12-9(3)10-5-4-6-15-10/h4-6,8-9H,7H2,1-3H3,(H,12,13)/t9-/m0/s1. The molecular formula is C11H17NO2S. The highest BCUT2D eigenvalue weighted by atomic mass is 32.1. The summed E-state index contributed by atoms with van der Waals surface area (Å²) in [5.41, 5.74) is 0. The Hall–Kier alpha value is -0.870. The van der Waals surface area contributed by atoms with Gasteiger partial charge in [-0.1, -0.05) is 6.07 Å². The monoisotopic (exact) mass is 227 g/mol. The summed E-state index contributed by atoms with van der Waals surface area (Å²) in [4.78, 5) is 12.6. The molecule has 4 heteroatoms. The molecule has 1 rings (SSSR count). The van der Waals surface area contributed by atoms with Crippen molar-refractivity contribution >= 4 is 17.2 Å². The molecule has 0 radical (unpaired) electrons. The van der Waals surface area contributed by atoms with Gasteiger partial charge in [0.2, 0.25) is 5.91 Å². The van der Waals surface area contributed by atoms with E-state index in [1.54, 1.807) is 11.3 Å². The van der Waals surface area contributed by atoms with Gasteiger partial charge in [0.1, 0.15) is 6.61 Å². The third-order valence-electron chi connectivity index (χ3n) is 1.90. The molecule has 3 nitrogen and oxygen atoms in total. The van der Waals surface area contributed by atoms with Crippen LogP contribution in [0.5, 0.6) is 0 Å². The molecule has 1 aromatic heterocycles. The van der Waals surface area contributed by atoms with E-state index in [0.29, 0.717) is 0 Å². The van der Waals surface area contributed by atoms with Gasteiger partial charge in [-0.25, -0.2) is 0 Å². The number of carbonyl (C=O) groups is 1. The first kappa shape index (κ1) is 12.2. The van der Waals surface area contributed by atoms with Crippen LogP contribution in [0.15, 0.2) is 17.5 Å². The van der Waals surface area contributed by atoms with Crippen LogP contribution in [0.1, 0.15) is 31.7 Å². The molecule has 0 saturated heterocycles. The molecular weight excluding hydrogens is 210 g/mol. The van der Waals surface area contributed by atoms with Gasteiger partial charge >= 0.3 is 0 Å². The molecule has 84 valence electrons. The Morgan fingerprint density at radius 1 is 1.53 bits per heavy atom. The van der Waals surface area contributed by atoms with Gasteiger partial charge in [-0.15, -0.1) is 11.3 Å². The molecule has 1 aromatic rings. The highest BCUT2D eigenvalue weighted by Crippen LogP contribution is 2.17. The molecule has 15 heavy (non-hydrogen) atoms. The predicted octanol–water partition coefficient (Wildman–Crippen LogP) is 2.35. The topological polar surface area (TPSA) is 38.3 Å². The van der Waals surface area contributed by atoms with Gasteiger partial charge in [0.25, 0.3) is 0 Å². The van der Waals surface area contributed by atoms with Crippen molar-refractivity contribution in [3.63, 3.8) is 0 Å². The maximum Gasteiger partial charge on any atom is 0.246 e. The minimum absolute atomic E-state index is 0.0632. The molecule has 1 amide bonds. The molecule has 0 aliphatic carbocycles. The average Bonchev–Trinajstić information content (AvgIpc) is 2.67. The molecule has 0 aliphatic rings. The molecule has 0 bridgehead atoms. The summed E-state index contributed by atoms with van der Waals surface area (Å²) < 4.78 is 5.21. The summed E-state index contributed by atoms with van der Waals surface area (Å²) in [7, 11) is 0. The second kappa shape index (κ2) is 5.88. The number of hydrogen-bond donors (Lipinski definition) is 1. The predicted molar refractivity (Wildman–Crippen MR) is 62.0 cm³/mol. The van der Waals surface area contributed by atoms with E-state index in [1.165, 1.54) is 0 Å². The molecule has 0 fully saturated rings. The highest BCUT2D eigenvalue weighted by Gasteiger charge is 2.10. The fourth-order valence-corrected chi connectivity index (χ4v) is 1.87. The van der Waals surface area contributed by atoms with Crippen molar-refractivity contribution in [1.82, 2.24) is 5.32 Å². The van der Waals surface area contributed by atoms with E-state index in [-0.39, 0.29) is 24.7 Å². The minimum atomic E-state index is -0.0652. The zero-order valence-electron chi connectivity index (χ0n) is 9.32. The zero-order chi connectivity index (χ0) is 11.3. The normalized spacial score (nSPS) is 12.8. The summed E-state index contributed by atoms with van der Waals surface area (Å²) >= 11 is 1.64. The highest BCUT2D eigenvalue weighted by molar-refractivity contribution is 7.10. The van der Waals surface area contributed by atoms with Crippen LogP contribution in [0.25, 0.3) is 0 Å². The van der Waals surface area contributed by atoms with E-state index in [0.717, 1.165) is 4.88 Å². The van der Waals surface area contributed by atoms with Crippen LogP contribution in [-0.2, 0) is 9.53 Å². The van der Waals surface area contributed by atoms with Gasteiger partial charge < -0.3 is 10.1 Å². The lowest BCUT2D eigenvalue weighted by atomic mass is 10.3. The van der Waals surface area contributed by atoms with Crippen molar-refractivity contribution in [2.45, 2.75) is 32.9 Å². The molecule has 0 aromatic carbocycles. The van der Waals surface area contributed by atoms with E-state index in [1.807, 2.05) is 38.3 Å². The van der Waals surface area contributed by atoms with Crippen molar-refractivity contribution in [2.24, 2.45) is 0 Å². The quantitative estimate of drug-likeness (QED) is 0.838. The molecule has 1 N–H and O–H groups in total. The maximum atomic E-state index is 11.4. The fourth-order valence-electron chi connectivity index (χ4n) is 1.13. The lowest BCUT2D eigenvalue weighted by Gasteiger charge is -2.13. The van der Waals surface area contributed by atoms with Crippen LogP contribution in [0, 0.1) is 0 Å². The Balaban J connectivity index is 2.32. The summed E-state index contributed by atoms with van der Waals surface area (Å²) in [5.74, 6) is -0.0652. The van der Waals surface area contributed by atoms with E-state index < -0.39 is 0 Å². The Morgan fingerprint density at radius 3 is 2.80 bits per heavy atom. The second-order valence-electron chi connectivity index (χ2n) is 3.66. The Labute approximate surface area is 94.5 Å². The molecule has 0 unspecified atom stereocenters. The van der Waals surface area contributed by atoms with E-state index in [2.05, 4.69) is 5.32 Å². The van der Waals surface area contributed by atoms with Crippen molar-refractivity contribution in [3.05, 3.63) is 22.4 Å². The molecule has 0 saturated carbocycles. The van der Waals surface area contributed by atoms with E-state index >= 15 is 0 Å². The third-order valence-corrected chi connectivity index (χ3v) is 2.95. The van der Waals surface area contributed by atoms with Crippen molar-refractivity contribution in [3.8, 4) is 0 Å². The largest absolute Gasteiger partial charge is 0.369 e. The van der Waals surface area contributed by atoms with Crippen molar-refractivity contribution in [2.75, 3.05) is 6.61 Å². The van der Waals surface area contributed by atoms with Gasteiger partial charge in [0.15, 0.2) is 0 Å². The van der Waals surface area contributed by atoms with Crippen LogP contribution in [0.3, 0.4) is 0 Å². The van der Waals surface area contributed by atoms with Crippen molar-refractivity contribution in [1.29, 1.82) is 0 Å².